The molecule has 0 aromatic carbocycles. The molecule has 3 heterocycles. The van der Waals surface area contributed by atoms with Crippen LogP contribution in [0.5, 0.6) is 0 Å². The van der Waals surface area contributed by atoms with Crippen LogP contribution >= 0.6 is 16.5 Å². The number of hydrogen-bond acceptors (Lipinski definition) is 9. The molecule has 2 aromatic rings. The van der Waals surface area contributed by atoms with Gasteiger partial charge in [-0.1, -0.05) is 12.0 Å². The molecule has 0 bridgehead atoms. The SMILES string of the molecule is CC1C(N=[N+]=[N-])[C@H](n2cnc3c(=O)[nH]c(N)nc32)O[C@@H]1CO[PH](=O)O.O=[PH](O)O.[Y]. The van der Waals surface area contributed by atoms with E-state index in [4.69, 9.17) is 39.8 Å². The van der Waals surface area contributed by atoms with Gasteiger partial charge in [-0.3, -0.25) is 23.5 Å². The van der Waals surface area contributed by atoms with E-state index in [0.29, 0.717) is 0 Å². The zero-order valence-corrected chi connectivity index (χ0v) is 20.2. The Morgan fingerprint density at radius 1 is 1.47 bits per heavy atom. The van der Waals surface area contributed by atoms with Gasteiger partial charge in [-0.05, 0) is 11.4 Å². The van der Waals surface area contributed by atoms with Crippen LogP contribution in [0.1, 0.15) is 13.2 Å². The molecule has 5 atom stereocenters. The number of aromatic amines is 1. The maximum atomic E-state index is 11.9. The Balaban J connectivity index is 0.000000827. The molecule has 19 heteroatoms. The second-order valence-corrected chi connectivity index (χ2v) is 7.14. The van der Waals surface area contributed by atoms with Gasteiger partial charge in [-0.15, -0.1) is 0 Å². The van der Waals surface area contributed by atoms with Gasteiger partial charge in [0.25, 0.3) is 5.56 Å². The maximum absolute atomic E-state index is 11.9. The summed E-state index contributed by atoms with van der Waals surface area (Å²) < 4.78 is 31.5. The number of nitrogens with one attached hydrogen (secondary N) is 1. The predicted molar refractivity (Wildman–Crippen MR) is 99.2 cm³/mol. The first-order chi connectivity index (χ1) is 13.6. The van der Waals surface area contributed by atoms with Crippen molar-refractivity contribution in [1.29, 1.82) is 0 Å². The summed E-state index contributed by atoms with van der Waals surface area (Å²) in [6.07, 6.45) is -0.0838. The number of ether oxygens (including phenoxy) is 1. The number of imidazole rings is 1. The number of nitrogen functional groups attached to an aromatic ring is 1. The molecule has 3 rings (SSSR count). The Bertz CT molecular complexity index is 1020. The largest absolute Gasteiger partial charge is 0.369 e. The molecule has 0 spiro atoms. The van der Waals surface area contributed by atoms with E-state index in [1.54, 1.807) is 6.92 Å². The standard InChI is InChI=1S/C11H15N8O5P.H3O3P.Y/c1-4-5(2-23-25(21)22)24-10(6(4)17-18-13)19-3-14-7-8(19)15-11(12)16-9(7)20;1-4(2)3;/h3-6,10,25H,2H2,1H3,(H,21,22)(H3,12,15,16,20);4H,(H2,1,2,3);/t4?,5-,6?,10-;;/m1../s1. The first-order valence-corrected chi connectivity index (χ1v) is 10.4. The third-order valence-electron chi connectivity index (χ3n) is 4.01. The van der Waals surface area contributed by atoms with Crippen molar-refractivity contribution in [3.8, 4) is 0 Å². The number of hydrogen-bond donors (Lipinski definition) is 5. The Morgan fingerprint density at radius 3 is 2.67 bits per heavy atom. The molecule has 163 valence electrons. The van der Waals surface area contributed by atoms with E-state index in [1.165, 1.54) is 10.9 Å². The fourth-order valence-corrected chi connectivity index (χ4v) is 3.10. The summed E-state index contributed by atoms with van der Waals surface area (Å²) in [5, 5.41) is 3.75. The third-order valence-corrected chi connectivity index (χ3v) is 4.43. The molecule has 16 nitrogen and oxygen atoms in total. The molecule has 1 saturated heterocycles. The van der Waals surface area contributed by atoms with Crippen LogP contribution in [0.4, 0.5) is 5.95 Å². The summed E-state index contributed by atoms with van der Waals surface area (Å²) in [5.74, 6) is -0.413. The van der Waals surface area contributed by atoms with Crippen molar-refractivity contribution in [3.63, 3.8) is 0 Å². The fourth-order valence-electron chi connectivity index (χ4n) is 2.79. The van der Waals surface area contributed by atoms with Gasteiger partial charge in [0.05, 0.1) is 25.1 Å². The molecule has 1 aliphatic rings. The first kappa shape index (κ1) is 26.9. The molecule has 1 radical (unpaired) electrons. The van der Waals surface area contributed by atoms with Crippen molar-refractivity contribution >= 4 is 33.6 Å². The van der Waals surface area contributed by atoms with Gasteiger partial charge in [0, 0.05) is 37.6 Å². The predicted octanol–water partition coefficient (Wildman–Crippen LogP) is -0.329. The summed E-state index contributed by atoms with van der Waals surface area (Å²) in [6.45, 7) is 1.61. The van der Waals surface area contributed by atoms with Crippen molar-refractivity contribution in [2.24, 2.45) is 11.0 Å². The minimum Gasteiger partial charge on any atom is -0.369 e. The zero-order valence-electron chi connectivity index (χ0n) is 15.3. The first-order valence-electron chi connectivity index (χ1n) is 7.85. The van der Waals surface area contributed by atoms with Crippen molar-refractivity contribution in [3.05, 3.63) is 27.1 Å². The molecular formula is C11H18N8O8P2Y. The van der Waals surface area contributed by atoms with E-state index in [9.17, 15) is 9.36 Å². The number of nitrogens with zero attached hydrogens (tertiary/aromatic N) is 6. The van der Waals surface area contributed by atoms with Crippen LogP contribution in [0, 0.1) is 5.92 Å². The summed E-state index contributed by atoms with van der Waals surface area (Å²) in [7, 11) is -6.25. The van der Waals surface area contributed by atoms with Gasteiger partial charge in [0.1, 0.15) is 6.23 Å². The molecule has 0 amide bonds. The van der Waals surface area contributed by atoms with Gasteiger partial charge in [0.2, 0.25) is 5.95 Å². The van der Waals surface area contributed by atoms with Crippen LogP contribution in [0.3, 0.4) is 0 Å². The average molecular weight is 541 g/mol. The number of anilines is 1. The van der Waals surface area contributed by atoms with E-state index in [1.807, 2.05) is 0 Å². The van der Waals surface area contributed by atoms with Gasteiger partial charge < -0.3 is 29.7 Å². The number of aromatic nitrogens is 4. The van der Waals surface area contributed by atoms with Gasteiger partial charge in [-0.25, -0.2) is 4.98 Å². The number of fused-ring (bicyclic) bond motifs is 1. The quantitative estimate of drug-likeness (QED) is 0.142. The van der Waals surface area contributed by atoms with E-state index >= 15 is 0 Å². The van der Waals surface area contributed by atoms with E-state index in [-0.39, 0.29) is 62.3 Å². The van der Waals surface area contributed by atoms with Crippen molar-refractivity contribution in [2.75, 3.05) is 12.3 Å². The van der Waals surface area contributed by atoms with Crippen LogP contribution in [-0.4, -0.2) is 53.0 Å². The van der Waals surface area contributed by atoms with Crippen molar-refractivity contribution < 1.29 is 65.8 Å². The van der Waals surface area contributed by atoms with E-state index < -0.39 is 40.4 Å². The second-order valence-electron chi connectivity index (χ2n) is 5.75. The summed E-state index contributed by atoms with van der Waals surface area (Å²) in [6, 6.07) is -0.667. The normalized spacial score (nSPS) is 23.9. The maximum Gasteiger partial charge on any atom is 0.316 e. The Morgan fingerprint density at radius 2 is 2.10 bits per heavy atom. The van der Waals surface area contributed by atoms with Crippen LogP contribution in [0.15, 0.2) is 16.2 Å². The monoisotopic (exact) mass is 541 g/mol. The van der Waals surface area contributed by atoms with Crippen LogP contribution in [0.25, 0.3) is 21.6 Å². The molecule has 2 aromatic heterocycles. The van der Waals surface area contributed by atoms with Crippen molar-refractivity contribution in [2.45, 2.75) is 25.3 Å². The summed E-state index contributed by atoms with van der Waals surface area (Å²) >= 11 is 0. The van der Waals surface area contributed by atoms with Crippen LogP contribution < -0.4 is 11.3 Å². The zero-order chi connectivity index (χ0) is 21.7. The van der Waals surface area contributed by atoms with Crippen LogP contribution in [0.2, 0.25) is 0 Å². The molecular weight excluding hydrogens is 523 g/mol. The number of nitrogens with two attached hydrogens (primary N) is 1. The minimum absolute atomic E-state index is 0. The molecule has 0 aliphatic carbocycles. The van der Waals surface area contributed by atoms with Gasteiger partial charge >= 0.3 is 16.5 Å². The molecule has 1 aliphatic heterocycles. The molecule has 0 saturated carbocycles. The van der Waals surface area contributed by atoms with E-state index in [2.05, 4.69) is 25.0 Å². The smallest absolute Gasteiger partial charge is 0.316 e. The minimum atomic E-state index is -3.13. The van der Waals surface area contributed by atoms with Gasteiger partial charge in [0.15, 0.2) is 11.2 Å². The molecule has 1 fully saturated rings. The number of azide groups is 1. The summed E-state index contributed by atoms with van der Waals surface area (Å²) in [4.78, 5) is 48.2. The number of rotatable bonds is 5. The second kappa shape index (κ2) is 12.0. The Labute approximate surface area is 194 Å². The molecule has 30 heavy (non-hydrogen) atoms. The summed E-state index contributed by atoms with van der Waals surface area (Å²) in [5.41, 5.74) is 14.1. The Hall–Kier alpha value is -1.18. The number of H-pyrrole nitrogens is 1. The van der Waals surface area contributed by atoms with Gasteiger partial charge in [-0.2, -0.15) is 4.98 Å². The molecule has 3 unspecified atom stereocenters. The average Bonchev–Trinajstić information content (AvgIpc) is 3.15. The van der Waals surface area contributed by atoms with Crippen LogP contribution in [-0.2, 0) is 51.1 Å². The third kappa shape index (κ3) is 6.66. The van der Waals surface area contributed by atoms with Crippen molar-refractivity contribution in [1.82, 2.24) is 19.5 Å². The molecule has 6 N–H and O–H groups in total. The Kier molecular flexibility index (Phi) is 10.8. The fraction of sp³-hybridized carbons (Fsp3) is 0.545. The topological polar surface area (TPSA) is 252 Å². The van der Waals surface area contributed by atoms with E-state index in [0.717, 1.165) is 0 Å².